The molecule has 2 aromatic rings. The maximum atomic E-state index is 13.0. The zero-order valence-electron chi connectivity index (χ0n) is 13.3. The molecular weight excluding hydrogens is 317 g/mol. The van der Waals surface area contributed by atoms with Crippen LogP contribution in [-0.2, 0) is 17.3 Å². The van der Waals surface area contributed by atoms with E-state index in [1.54, 1.807) is 0 Å². The van der Waals surface area contributed by atoms with Crippen LogP contribution >= 0.6 is 0 Å². The molecule has 0 bridgehead atoms. The number of carbonyl (C=O) groups is 1. The molecule has 0 N–H and O–H groups in total. The SMILES string of the molecule is CCC(CCc1ccccc1)OC(=O)c1ccccc1C(F)(F)F. The van der Waals surface area contributed by atoms with E-state index in [9.17, 15) is 18.0 Å². The third-order valence-corrected chi connectivity index (χ3v) is 3.78. The molecular formula is C19H19F3O2. The monoisotopic (exact) mass is 336 g/mol. The quantitative estimate of drug-likeness (QED) is 0.671. The predicted molar refractivity (Wildman–Crippen MR) is 85.7 cm³/mol. The van der Waals surface area contributed by atoms with Crippen molar-refractivity contribution in [1.82, 2.24) is 0 Å². The fourth-order valence-corrected chi connectivity index (χ4v) is 2.44. The van der Waals surface area contributed by atoms with Crippen LogP contribution in [0, 0.1) is 0 Å². The summed E-state index contributed by atoms with van der Waals surface area (Å²) in [4.78, 5) is 12.2. The average Bonchev–Trinajstić information content (AvgIpc) is 2.58. The zero-order valence-corrected chi connectivity index (χ0v) is 13.3. The Kier molecular flexibility index (Phi) is 6.01. The van der Waals surface area contributed by atoms with Crippen LogP contribution < -0.4 is 0 Å². The molecule has 2 rings (SSSR count). The van der Waals surface area contributed by atoms with Gasteiger partial charge in [0, 0.05) is 0 Å². The van der Waals surface area contributed by atoms with E-state index in [4.69, 9.17) is 4.74 Å². The number of alkyl halides is 3. The summed E-state index contributed by atoms with van der Waals surface area (Å²) in [7, 11) is 0. The molecule has 0 aliphatic rings. The minimum absolute atomic E-state index is 0.418. The number of hydrogen-bond donors (Lipinski definition) is 0. The van der Waals surface area contributed by atoms with Crippen LogP contribution in [0.4, 0.5) is 13.2 Å². The highest BCUT2D eigenvalue weighted by molar-refractivity contribution is 5.91. The molecule has 0 amide bonds. The van der Waals surface area contributed by atoms with Gasteiger partial charge in [0.25, 0.3) is 0 Å². The van der Waals surface area contributed by atoms with Crippen molar-refractivity contribution >= 4 is 5.97 Å². The van der Waals surface area contributed by atoms with Crippen molar-refractivity contribution in [1.29, 1.82) is 0 Å². The second-order valence-electron chi connectivity index (χ2n) is 5.50. The summed E-state index contributed by atoms with van der Waals surface area (Å²) < 4.78 is 44.3. The van der Waals surface area contributed by atoms with Gasteiger partial charge in [-0.25, -0.2) is 4.79 Å². The van der Waals surface area contributed by atoms with E-state index in [0.29, 0.717) is 19.3 Å². The molecule has 2 nitrogen and oxygen atoms in total. The fraction of sp³-hybridized carbons (Fsp3) is 0.316. The zero-order chi connectivity index (χ0) is 17.6. The Morgan fingerprint density at radius 2 is 1.67 bits per heavy atom. The Bertz CT molecular complexity index is 666. The van der Waals surface area contributed by atoms with Crippen molar-refractivity contribution < 1.29 is 22.7 Å². The van der Waals surface area contributed by atoms with Gasteiger partial charge in [0.05, 0.1) is 11.1 Å². The van der Waals surface area contributed by atoms with Crippen LogP contribution in [0.2, 0.25) is 0 Å². The Hall–Kier alpha value is -2.30. The minimum Gasteiger partial charge on any atom is -0.459 e. The summed E-state index contributed by atoms with van der Waals surface area (Å²) in [5, 5.41) is 0. The molecule has 0 fully saturated rings. The molecule has 0 aliphatic carbocycles. The van der Waals surface area contributed by atoms with Crippen LogP contribution in [0.1, 0.15) is 41.3 Å². The van der Waals surface area contributed by atoms with E-state index in [2.05, 4.69) is 0 Å². The lowest BCUT2D eigenvalue weighted by Gasteiger charge is -2.18. The molecule has 0 aromatic heterocycles. The summed E-state index contributed by atoms with van der Waals surface area (Å²) in [5.41, 5.74) is -0.307. The van der Waals surface area contributed by atoms with Gasteiger partial charge in [0.2, 0.25) is 0 Å². The van der Waals surface area contributed by atoms with Crippen molar-refractivity contribution in [2.75, 3.05) is 0 Å². The number of carbonyl (C=O) groups excluding carboxylic acids is 1. The normalized spacial score (nSPS) is 12.7. The maximum Gasteiger partial charge on any atom is 0.417 e. The number of aryl methyl sites for hydroxylation is 1. The van der Waals surface area contributed by atoms with Crippen LogP contribution in [-0.4, -0.2) is 12.1 Å². The molecule has 0 radical (unpaired) electrons. The van der Waals surface area contributed by atoms with Crippen LogP contribution in [0.15, 0.2) is 54.6 Å². The molecule has 1 atom stereocenters. The fourth-order valence-electron chi connectivity index (χ4n) is 2.44. The van der Waals surface area contributed by atoms with Gasteiger partial charge in [-0.3, -0.25) is 0 Å². The largest absolute Gasteiger partial charge is 0.459 e. The molecule has 0 saturated carbocycles. The molecule has 0 heterocycles. The molecule has 0 aliphatic heterocycles. The number of rotatable bonds is 6. The highest BCUT2D eigenvalue weighted by atomic mass is 19.4. The van der Waals surface area contributed by atoms with Gasteiger partial charge < -0.3 is 4.74 Å². The van der Waals surface area contributed by atoms with Crippen LogP contribution in [0.3, 0.4) is 0 Å². The molecule has 128 valence electrons. The maximum absolute atomic E-state index is 13.0. The topological polar surface area (TPSA) is 26.3 Å². The molecule has 0 spiro atoms. The number of halogens is 3. The summed E-state index contributed by atoms with van der Waals surface area (Å²) in [5.74, 6) is -0.928. The average molecular weight is 336 g/mol. The van der Waals surface area contributed by atoms with Crippen molar-refractivity contribution in [2.24, 2.45) is 0 Å². The van der Waals surface area contributed by atoms with E-state index < -0.39 is 29.4 Å². The number of esters is 1. The first-order valence-corrected chi connectivity index (χ1v) is 7.83. The third-order valence-electron chi connectivity index (χ3n) is 3.78. The Morgan fingerprint density at radius 1 is 1.04 bits per heavy atom. The van der Waals surface area contributed by atoms with Gasteiger partial charge in [-0.1, -0.05) is 49.4 Å². The van der Waals surface area contributed by atoms with Gasteiger partial charge >= 0.3 is 12.1 Å². The van der Waals surface area contributed by atoms with E-state index in [-0.39, 0.29) is 0 Å². The van der Waals surface area contributed by atoms with Crippen LogP contribution in [0.25, 0.3) is 0 Å². The summed E-state index contributed by atoms with van der Waals surface area (Å²) in [6.07, 6.45) is -3.18. The second kappa shape index (κ2) is 7.99. The first-order valence-electron chi connectivity index (χ1n) is 7.83. The first-order chi connectivity index (χ1) is 11.4. The smallest absolute Gasteiger partial charge is 0.417 e. The van der Waals surface area contributed by atoms with Gasteiger partial charge in [-0.2, -0.15) is 13.2 Å². The third kappa shape index (κ3) is 4.85. The molecule has 1 unspecified atom stereocenters. The molecule has 0 saturated heterocycles. The first kappa shape index (κ1) is 18.0. The number of hydrogen-bond acceptors (Lipinski definition) is 2. The van der Waals surface area contributed by atoms with E-state index in [1.165, 1.54) is 12.1 Å². The van der Waals surface area contributed by atoms with Crippen molar-refractivity contribution in [2.45, 2.75) is 38.5 Å². The summed E-state index contributed by atoms with van der Waals surface area (Å²) >= 11 is 0. The standard InChI is InChI=1S/C19H19F3O2/c1-2-15(13-12-14-8-4-3-5-9-14)24-18(23)16-10-6-7-11-17(16)19(20,21)22/h3-11,15H,2,12-13H2,1H3. The van der Waals surface area contributed by atoms with Crippen LogP contribution in [0.5, 0.6) is 0 Å². The molecule has 5 heteroatoms. The lowest BCUT2D eigenvalue weighted by Crippen LogP contribution is -2.21. The summed E-state index contributed by atoms with van der Waals surface area (Å²) in [6.45, 7) is 1.85. The Morgan fingerprint density at radius 3 is 2.29 bits per heavy atom. The van der Waals surface area contributed by atoms with Gasteiger partial charge in [0.15, 0.2) is 0 Å². The highest BCUT2D eigenvalue weighted by Gasteiger charge is 2.35. The van der Waals surface area contributed by atoms with E-state index in [1.807, 2.05) is 37.3 Å². The van der Waals surface area contributed by atoms with Gasteiger partial charge in [0.1, 0.15) is 6.10 Å². The second-order valence-corrected chi connectivity index (χ2v) is 5.50. The lowest BCUT2D eigenvalue weighted by atomic mass is 10.0. The summed E-state index contributed by atoms with van der Waals surface area (Å²) in [6, 6.07) is 14.4. The Labute approximate surface area is 139 Å². The van der Waals surface area contributed by atoms with E-state index >= 15 is 0 Å². The molecule has 24 heavy (non-hydrogen) atoms. The van der Waals surface area contributed by atoms with Crippen molar-refractivity contribution in [3.63, 3.8) is 0 Å². The molecule has 2 aromatic carbocycles. The van der Waals surface area contributed by atoms with Gasteiger partial charge in [-0.05, 0) is 37.0 Å². The van der Waals surface area contributed by atoms with Crippen molar-refractivity contribution in [3.05, 3.63) is 71.3 Å². The van der Waals surface area contributed by atoms with Gasteiger partial charge in [-0.15, -0.1) is 0 Å². The van der Waals surface area contributed by atoms with E-state index in [0.717, 1.165) is 17.7 Å². The van der Waals surface area contributed by atoms with Crippen molar-refractivity contribution in [3.8, 4) is 0 Å². The minimum atomic E-state index is -4.58. The Balaban J connectivity index is 2.05. The highest BCUT2D eigenvalue weighted by Crippen LogP contribution is 2.32. The number of ether oxygens (including phenoxy) is 1. The predicted octanol–water partition coefficient (Wildman–Crippen LogP) is 5.27. The lowest BCUT2D eigenvalue weighted by molar-refractivity contribution is -0.138. The number of benzene rings is 2.